The molecule has 0 aliphatic carbocycles. The van der Waals surface area contributed by atoms with Crippen molar-refractivity contribution in [3.05, 3.63) is 89.2 Å². The SMILES string of the molecule is O=C1C2ON(c3ccccc3)C(c3ccc(O)cc3)C2C(=O)N1c1ccc(Cl)c(F)c1. The Bertz CT molecular complexity index is 1170. The Labute approximate surface area is 182 Å². The summed E-state index contributed by atoms with van der Waals surface area (Å²) in [5, 5.41) is 11.1. The Balaban J connectivity index is 1.58. The van der Waals surface area contributed by atoms with Crippen LogP contribution in [0.3, 0.4) is 0 Å². The highest BCUT2D eigenvalue weighted by atomic mass is 35.5. The fraction of sp³-hybridized carbons (Fsp3) is 0.130. The molecule has 31 heavy (non-hydrogen) atoms. The molecule has 2 saturated heterocycles. The average Bonchev–Trinajstić information content (AvgIpc) is 3.28. The standard InChI is InChI=1S/C23H16ClFN2O4/c24-17-11-8-15(12-18(17)25)26-22(29)19-20(13-6-9-16(28)10-7-13)27(31-21(19)23(26)30)14-4-2-1-3-5-14/h1-12,19-21,28H. The normalized spacial score (nSPS) is 22.8. The van der Waals surface area contributed by atoms with Crippen LogP contribution in [0, 0.1) is 11.7 Å². The van der Waals surface area contributed by atoms with Gasteiger partial charge in [-0.3, -0.25) is 14.4 Å². The number of hydroxylamine groups is 1. The van der Waals surface area contributed by atoms with Crippen LogP contribution >= 0.6 is 11.6 Å². The summed E-state index contributed by atoms with van der Waals surface area (Å²) >= 11 is 5.74. The lowest BCUT2D eigenvalue weighted by Crippen LogP contribution is -2.37. The number of para-hydroxylation sites is 1. The Morgan fingerprint density at radius 1 is 0.903 bits per heavy atom. The Hall–Kier alpha value is -3.42. The van der Waals surface area contributed by atoms with Gasteiger partial charge in [0.05, 0.1) is 22.4 Å². The van der Waals surface area contributed by atoms with Crippen molar-refractivity contribution in [1.29, 1.82) is 0 Å². The summed E-state index contributed by atoms with van der Waals surface area (Å²) < 4.78 is 14.0. The first-order chi connectivity index (χ1) is 15.0. The van der Waals surface area contributed by atoms with E-state index in [2.05, 4.69) is 0 Å². The van der Waals surface area contributed by atoms with Gasteiger partial charge in [0.25, 0.3) is 5.91 Å². The molecule has 2 heterocycles. The summed E-state index contributed by atoms with van der Waals surface area (Å²) in [5.74, 6) is -2.56. The molecule has 8 heteroatoms. The number of rotatable bonds is 3. The van der Waals surface area contributed by atoms with Gasteiger partial charge < -0.3 is 5.11 Å². The van der Waals surface area contributed by atoms with Crippen molar-refractivity contribution in [1.82, 2.24) is 0 Å². The molecule has 0 bridgehead atoms. The molecule has 3 aromatic rings. The minimum atomic E-state index is -1.06. The highest BCUT2D eigenvalue weighted by Crippen LogP contribution is 2.47. The first kappa shape index (κ1) is 19.5. The van der Waals surface area contributed by atoms with Crippen molar-refractivity contribution in [3.63, 3.8) is 0 Å². The number of carbonyl (C=O) groups is 2. The smallest absolute Gasteiger partial charge is 0.266 e. The molecule has 3 unspecified atom stereocenters. The highest BCUT2D eigenvalue weighted by Gasteiger charge is 2.60. The van der Waals surface area contributed by atoms with Gasteiger partial charge in [0.1, 0.15) is 17.5 Å². The van der Waals surface area contributed by atoms with Gasteiger partial charge in [0, 0.05) is 0 Å². The molecule has 6 nitrogen and oxygen atoms in total. The third-order valence-electron chi connectivity index (χ3n) is 5.52. The lowest BCUT2D eigenvalue weighted by atomic mass is 9.90. The second kappa shape index (κ2) is 7.37. The van der Waals surface area contributed by atoms with E-state index < -0.39 is 35.7 Å². The van der Waals surface area contributed by atoms with Crippen LogP contribution < -0.4 is 9.96 Å². The second-order valence-electron chi connectivity index (χ2n) is 7.36. The number of phenolic OH excluding ortho intramolecular Hbond substituents is 1. The van der Waals surface area contributed by atoms with Crippen molar-refractivity contribution in [2.24, 2.45) is 5.92 Å². The van der Waals surface area contributed by atoms with Crippen molar-refractivity contribution in [2.45, 2.75) is 12.1 Å². The number of amides is 2. The average molecular weight is 439 g/mol. The molecule has 3 aromatic carbocycles. The summed E-state index contributed by atoms with van der Waals surface area (Å²) in [6.07, 6.45) is -1.06. The molecule has 0 radical (unpaired) electrons. The number of hydrogen-bond donors (Lipinski definition) is 1. The fourth-order valence-corrected chi connectivity index (χ4v) is 4.22. The van der Waals surface area contributed by atoms with E-state index >= 15 is 0 Å². The lowest BCUT2D eigenvalue weighted by molar-refractivity contribution is -0.126. The predicted molar refractivity (Wildman–Crippen MR) is 112 cm³/mol. The van der Waals surface area contributed by atoms with Crippen LogP contribution in [0.1, 0.15) is 11.6 Å². The summed E-state index contributed by atoms with van der Waals surface area (Å²) in [6.45, 7) is 0. The van der Waals surface area contributed by atoms with E-state index in [1.807, 2.05) is 30.3 Å². The largest absolute Gasteiger partial charge is 0.508 e. The summed E-state index contributed by atoms with van der Waals surface area (Å²) in [7, 11) is 0. The van der Waals surface area contributed by atoms with E-state index in [9.17, 15) is 19.1 Å². The number of carbonyl (C=O) groups excluding carboxylic acids is 2. The zero-order chi connectivity index (χ0) is 21.7. The maximum Gasteiger partial charge on any atom is 0.266 e. The monoisotopic (exact) mass is 438 g/mol. The molecule has 156 valence electrons. The molecule has 0 saturated carbocycles. The maximum absolute atomic E-state index is 14.0. The first-order valence-electron chi connectivity index (χ1n) is 9.58. The first-order valence-corrected chi connectivity index (χ1v) is 9.96. The van der Waals surface area contributed by atoms with Crippen LogP contribution in [0.4, 0.5) is 15.8 Å². The number of anilines is 2. The number of fused-ring (bicyclic) bond motifs is 1. The van der Waals surface area contributed by atoms with Crippen LogP contribution in [-0.4, -0.2) is 23.0 Å². The summed E-state index contributed by atoms with van der Waals surface area (Å²) in [5.41, 5.74) is 1.48. The van der Waals surface area contributed by atoms with Gasteiger partial charge in [-0.1, -0.05) is 41.9 Å². The van der Waals surface area contributed by atoms with Crippen LogP contribution in [0.5, 0.6) is 5.75 Å². The molecule has 0 spiro atoms. The number of benzene rings is 3. The van der Waals surface area contributed by atoms with E-state index in [1.54, 1.807) is 17.2 Å². The number of aromatic hydroxyl groups is 1. The molecule has 2 fully saturated rings. The van der Waals surface area contributed by atoms with Gasteiger partial charge in [0.15, 0.2) is 6.10 Å². The second-order valence-corrected chi connectivity index (χ2v) is 7.77. The molecular formula is C23H16ClFN2O4. The van der Waals surface area contributed by atoms with Crippen LogP contribution in [-0.2, 0) is 14.4 Å². The van der Waals surface area contributed by atoms with E-state index in [-0.39, 0.29) is 16.5 Å². The van der Waals surface area contributed by atoms with Crippen molar-refractivity contribution < 1.29 is 23.9 Å². The van der Waals surface area contributed by atoms with Crippen molar-refractivity contribution >= 4 is 34.8 Å². The molecule has 2 aliphatic rings. The topological polar surface area (TPSA) is 70.1 Å². The van der Waals surface area contributed by atoms with E-state index in [1.165, 1.54) is 24.3 Å². The molecule has 3 atom stereocenters. The maximum atomic E-state index is 14.0. The zero-order valence-corrected chi connectivity index (χ0v) is 16.7. The van der Waals surface area contributed by atoms with Crippen LogP contribution in [0.25, 0.3) is 0 Å². The molecule has 2 amide bonds. The van der Waals surface area contributed by atoms with E-state index in [0.29, 0.717) is 11.3 Å². The zero-order valence-electron chi connectivity index (χ0n) is 16.0. The van der Waals surface area contributed by atoms with Crippen LogP contribution in [0.2, 0.25) is 5.02 Å². The summed E-state index contributed by atoms with van der Waals surface area (Å²) in [6, 6.07) is 18.7. The Morgan fingerprint density at radius 3 is 2.29 bits per heavy atom. The van der Waals surface area contributed by atoms with Gasteiger partial charge in [0.2, 0.25) is 5.91 Å². The third-order valence-corrected chi connectivity index (χ3v) is 5.83. The van der Waals surface area contributed by atoms with Crippen LogP contribution in [0.15, 0.2) is 72.8 Å². The Kier molecular flexibility index (Phi) is 4.64. The number of phenols is 1. The number of imide groups is 1. The van der Waals surface area contributed by atoms with Gasteiger partial charge >= 0.3 is 0 Å². The fourth-order valence-electron chi connectivity index (χ4n) is 4.10. The summed E-state index contributed by atoms with van der Waals surface area (Å²) in [4.78, 5) is 33.5. The molecular weight excluding hydrogens is 423 g/mol. The third kappa shape index (κ3) is 3.13. The molecule has 2 aliphatic heterocycles. The Morgan fingerprint density at radius 2 is 1.61 bits per heavy atom. The quantitative estimate of drug-likeness (QED) is 0.619. The highest BCUT2D eigenvalue weighted by molar-refractivity contribution is 6.31. The van der Waals surface area contributed by atoms with Gasteiger partial charge in [-0.25, -0.2) is 14.4 Å². The molecule has 0 aromatic heterocycles. The molecule has 1 N–H and O–H groups in total. The van der Waals surface area contributed by atoms with Crippen molar-refractivity contribution in [3.8, 4) is 5.75 Å². The van der Waals surface area contributed by atoms with E-state index in [0.717, 1.165) is 11.0 Å². The minimum absolute atomic E-state index is 0.0811. The van der Waals surface area contributed by atoms with E-state index in [4.69, 9.17) is 16.4 Å². The lowest BCUT2D eigenvalue weighted by Gasteiger charge is -2.28. The minimum Gasteiger partial charge on any atom is -0.508 e. The number of nitrogens with zero attached hydrogens (tertiary/aromatic N) is 2. The predicted octanol–water partition coefficient (Wildman–Crippen LogP) is 4.24. The van der Waals surface area contributed by atoms with Gasteiger partial charge in [-0.05, 0) is 48.0 Å². The van der Waals surface area contributed by atoms with Gasteiger partial charge in [-0.2, -0.15) is 0 Å². The molecule has 5 rings (SSSR count). The van der Waals surface area contributed by atoms with Gasteiger partial charge in [-0.15, -0.1) is 0 Å². The number of hydrogen-bond acceptors (Lipinski definition) is 5. The van der Waals surface area contributed by atoms with Crippen molar-refractivity contribution in [2.75, 3.05) is 9.96 Å². The number of halogens is 2.